The molecule has 1 aliphatic carbocycles. The third-order valence-corrected chi connectivity index (χ3v) is 7.61. The van der Waals surface area contributed by atoms with E-state index >= 15 is 0 Å². The van der Waals surface area contributed by atoms with Gasteiger partial charge in [-0.3, -0.25) is 4.79 Å². The second-order valence-corrected chi connectivity index (χ2v) is 10.6. The molecule has 1 amide bonds. The van der Waals surface area contributed by atoms with Crippen molar-refractivity contribution in [2.24, 2.45) is 11.5 Å². The molecule has 0 bridgehead atoms. The van der Waals surface area contributed by atoms with E-state index in [-0.39, 0.29) is 18.5 Å². The van der Waals surface area contributed by atoms with Crippen LogP contribution in [0, 0.1) is 0 Å². The van der Waals surface area contributed by atoms with Crippen LogP contribution in [0.1, 0.15) is 61.7 Å². The molecule has 8 nitrogen and oxygen atoms in total. The molecule has 9 heteroatoms. The van der Waals surface area contributed by atoms with Gasteiger partial charge in [-0.1, -0.05) is 37.3 Å². The normalized spacial score (nSPS) is 24.1. The minimum Gasteiger partial charge on any atom is -0.388 e. The van der Waals surface area contributed by atoms with E-state index in [1.807, 2.05) is 18.2 Å². The fourth-order valence-electron chi connectivity index (χ4n) is 5.14. The molecular weight excluding hydrogens is 464 g/mol. The summed E-state index contributed by atoms with van der Waals surface area (Å²) in [7, 11) is 0. The minimum atomic E-state index is -0.830. The molecule has 0 spiro atoms. The summed E-state index contributed by atoms with van der Waals surface area (Å²) in [4.78, 5) is 19.9. The van der Waals surface area contributed by atoms with E-state index in [2.05, 4.69) is 15.5 Å². The smallest absolute Gasteiger partial charge is 0.253 e. The van der Waals surface area contributed by atoms with Crippen LogP contribution >= 0.6 is 11.6 Å². The van der Waals surface area contributed by atoms with Crippen molar-refractivity contribution in [3.63, 3.8) is 0 Å². The number of nitrogens with two attached hydrogens (primary N) is 2. The molecule has 2 saturated heterocycles. The molecule has 2 aromatic rings. The molecule has 7 N–H and O–H groups in total. The number of carbonyl (C=O) groups is 1. The maximum Gasteiger partial charge on any atom is 0.253 e. The van der Waals surface area contributed by atoms with Crippen LogP contribution < -0.4 is 27.0 Å². The van der Waals surface area contributed by atoms with Crippen molar-refractivity contribution >= 4 is 34.2 Å². The first-order valence-electron chi connectivity index (χ1n) is 12.9. The van der Waals surface area contributed by atoms with Gasteiger partial charge in [0.25, 0.3) is 5.91 Å². The quantitative estimate of drug-likeness (QED) is 0.406. The number of rotatable bonds is 4. The average Bonchev–Trinajstić information content (AvgIpc) is 3.45. The number of hydrogen-bond acceptors (Lipinski definition) is 7. The number of hydrogen-bond donors (Lipinski definition) is 5. The lowest BCUT2D eigenvalue weighted by Gasteiger charge is -2.27. The van der Waals surface area contributed by atoms with Crippen molar-refractivity contribution in [3.05, 3.63) is 34.9 Å². The Kier molecular flexibility index (Phi) is 8.83. The summed E-state index contributed by atoms with van der Waals surface area (Å²) in [6.45, 7) is 4.05. The second-order valence-electron chi connectivity index (χ2n) is 10.2. The van der Waals surface area contributed by atoms with Crippen LogP contribution in [0.25, 0.3) is 10.9 Å². The molecule has 1 aromatic carbocycles. The number of benzene rings is 1. The first kappa shape index (κ1) is 26.1. The molecule has 192 valence electrons. The van der Waals surface area contributed by atoms with Crippen molar-refractivity contribution in [1.82, 2.24) is 15.6 Å². The van der Waals surface area contributed by atoms with Crippen LogP contribution in [0.4, 0.5) is 5.82 Å². The topological polar surface area (TPSA) is 130 Å². The van der Waals surface area contributed by atoms with Gasteiger partial charge in [-0.15, -0.1) is 0 Å². The fourth-order valence-corrected chi connectivity index (χ4v) is 5.39. The van der Waals surface area contributed by atoms with Crippen LogP contribution in [-0.2, 0) is 0 Å². The third-order valence-electron chi connectivity index (χ3n) is 7.29. The van der Waals surface area contributed by atoms with Gasteiger partial charge in [-0.25, -0.2) is 4.98 Å². The zero-order valence-electron chi connectivity index (χ0n) is 20.4. The van der Waals surface area contributed by atoms with Crippen LogP contribution in [0.5, 0.6) is 0 Å². The number of carbonyl (C=O) groups excluding carboxylic acids is 1. The molecule has 3 fully saturated rings. The Hall–Kier alpha value is -1.97. The monoisotopic (exact) mass is 502 g/mol. The fraction of sp³-hybridized carbons (Fsp3) is 0.615. The Labute approximate surface area is 212 Å². The predicted molar refractivity (Wildman–Crippen MR) is 142 cm³/mol. The van der Waals surface area contributed by atoms with E-state index in [4.69, 9.17) is 28.1 Å². The van der Waals surface area contributed by atoms with E-state index in [1.54, 1.807) is 6.07 Å². The van der Waals surface area contributed by atoms with Gasteiger partial charge < -0.3 is 32.1 Å². The van der Waals surface area contributed by atoms with Crippen LogP contribution in [-0.4, -0.2) is 66.4 Å². The van der Waals surface area contributed by atoms with Crippen molar-refractivity contribution < 1.29 is 9.90 Å². The second kappa shape index (κ2) is 11.8. The Morgan fingerprint density at radius 2 is 1.91 bits per heavy atom. The Bertz CT molecular complexity index is 1000. The van der Waals surface area contributed by atoms with Gasteiger partial charge in [0.15, 0.2) is 0 Å². The van der Waals surface area contributed by atoms with Gasteiger partial charge in [0.05, 0.1) is 21.7 Å². The van der Waals surface area contributed by atoms with E-state index in [0.717, 1.165) is 94.3 Å². The minimum absolute atomic E-state index is 0.175. The number of pyridine rings is 1. The number of anilines is 1. The zero-order valence-corrected chi connectivity index (χ0v) is 21.2. The SMILES string of the molecule is N[C@H]1CCN(c2ccc3c(C(=O)NCC4(O)CCCCCC4)c(Cl)ccc3n2)C1.N[C@H]1CCNC1. The van der Waals surface area contributed by atoms with Gasteiger partial charge in [-0.2, -0.15) is 0 Å². The van der Waals surface area contributed by atoms with E-state index in [0.29, 0.717) is 16.6 Å². The third kappa shape index (κ3) is 6.83. The summed E-state index contributed by atoms with van der Waals surface area (Å²) < 4.78 is 0. The van der Waals surface area contributed by atoms with Gasteiger partial charge in [-0.05, 0) is 56.5 Å². The summed E-state index contributed by atoms with van der Waals surface area (Å²) in [6.07, 6.45) is 7.82. The highest BCUT2D eigenvalue weighted by atomic mass is 35.5. The summed E-state index contributed by atoms with van der Waals surface area (Å²) in [5.41, 5.74) is 11.8. The van der Waals surface area contributed by atoms with Gasteiger partial charge in [0.2, 0.25) is 0 Å². The molecule has 35 heavy (non-hydrogen) atoms. The Morgan fingerprint density at radius 1 is 1.14 bits per heavy atom. The molecule has 0 unspecified atom stereocenters. The van der Waals surface area contributed by atoms with Crippen molar-refractivity contribution in [2.75, 3.05) is 37.6 Å². The van der Waals surface area contributed by atoms with Gasteiger partial charge in [0.1, 0.15) is 5.82 Å². The predicted octanol–water partition coefficient (Wildman–Crippen LogP) is 2.55. The van der Waals surface area contributed by atoms with Crippen molar-refractivity contribution in [2.45, 2.75) is 69.1 Å². The molecule has 3 heterocycles. The molecule has 3 aliphatic rings. The lowest BCUT2D eigenvalue weighted by atomic mass is 9.94. The van der Waals surface area contributed by atoms with Crippen molar-refractivity contribution in [1.29, 1.82) is 0 Å². The molecule has 5 rings (SSSR count). The lowest BCUT2D eigenvalue weighted by molar-refractivity contribution is 0.0247. The van der Waals surface area contributed by atoms with Crippen LogP contribution in [0.3, 0.4) is 0 Å². The Balaban J connectivity index is 0.000000421. The molecule has 0 radical (unpaired) electrons. The number of aliphatic hydroxyl groups is 1. The molecule has 1 saturated carbocycles. The van der Waals surface area contributed by atoms with Crippen LogP contribution in [0.15, 0.2) is 24.3 Å². The first-order chi connectivity index (χ1) is 16.8. The highest BCUT2D eigenvalue weighted by Crippen LogP contribution is 2.29. The van der Waals surface area contributed by atoms with E-state index in [9.17, 15) is 9.90 Å². The highest BCUT2D eigenvalue weighted by molar-refractivity contribution is 6.35. The Morgan fingerprint density at radius 3 is 2.51 bits per heavy atom. The lowest BCUT2D eigenvalue weighted by Crippen LogP contribution is -2.42. The zero-order chi connectivity index (χ0) is 24.8. The number of nitrogens with one attached hydrogen (secondary N) is 2. The van der Waals surface area contributed by atoms with Gasteiger partial charge >= 0.3 is 0 Å². The summed E-state index contributed by atoms with van der Waals surface area (Å²) in [6, 6.07) is 7.99. The number of halogens is 1. The van der Waals surface area contributed by atoms with Crippen LogP contribution in [0.2, 0.25) is 5.02 Å². The number of nitrogens with zero attached hydrogens (tertiary/aromatic N) is 2. The number of fused-ring (bicyclic) bond motifs is 1. The van der Waals surface area contributed by atoms with E-state index < -0.39 is 5.60 Å². The summed E-state index contributed by atoms with van der Waals surface area (Å²) in [5, 5.41) is 18.0. The average molecular weight is 503 g/mol. The van der Waals surface area contributed by atoms with Crippen molar-refractivity contribution in [3.8, 4) is 0 Å². The number of amides is 1. The summed E-state index contributed by atoms with van der Waals surface area (Å²) in [5.74, 6) is 0.600. The maximum atomic E-state index is 13.0. The molecule has 1 aromatic heterocycles. The summed E-state index contributed by atoms with van der Waals surface area (Å²) >= 11 is 6.39. The van der Waals surface area contributed by atoms with E-state index in [1.165, 1.54) is 0 Å². The largest absolute Gasteiger partial charge is 0.388 e. The molecular formula is C26H39ClN6O2. The number of aromatic nitrogens is 1. The maximum absolute atomic E-state index is 13.0. The molecule has 2 aliphatic heterocycles. The standard InChI is InChI=1S/C22H29ClN4O2.C4H10N2/c23-17-6-7-18-16(5-8-19(26-18)27-12-9-15(24)13-27)20(17)21(28)25-14-22(29)10-3-1-2-4-11-22;5-4-1-2-6-3-4/h5-8,15,29H,1-4,9-14,24H2,(H,25,28);4,6H,1-3,5H2/t15-;4-/m00/s1. The van der Waals surface area contributed by atoms with Gasteiger partial charge in [0, 0.05) is 43.6 Å². The molecule has 2 atom stereocenters. The highest BCUT2D eigenvalue weighted by Gasteiger charge is 2.29. The first-order valence-corrected chi connectivity index (χ1v) is 13.3.